The number of benzene rings is 3. The molecular formula is C33H32ClF2N2NaO5. The number of nitrogens with zero attached hydrogens (tertiary/aromatic N) is 1. The molecule has 0 saturated carbocycles. The van der Waals surface area contributed by atoms with Crippen LogP contribution in [0, 0.1) is 11.6 Å². The summed E-state index contributed by atoms with van der Waals surface area (Å²) in [6.07, 6.45) is -0.275. The van der Waals surface area contributed by atoms with E-state index in [1.807, 2.05) is 13.8 Å². The van der Waals surface area contributed by atoms with Crippen LogP contribution in [-0.2, 0) is 4.79 Å². The Kier molecular flexibility index (Phi) is 12.5. The molecule has 226 valence electrons. The Morgan fingerprint density at radius 2 is 1.52 bits per heavy atom. The number of carbonyl (C=O) groups is 2. The third-order valence-electron chi connectivity index (χ3n) is 6.72. The van der Waals surface area contributed by atoms with Gasteiger partial charge in [-0.3, -0.25) is 9.59 Å². The molecule has 0 radical (unpaired) electrons. The van der Waals surface area contributed by atoms with E-state index in [4.69, 9.17) is 16.7 Å². The summed E-state index contributed by atoms with van der Waals surface area (Å²) in [5.74, 6) is -2.62. The fraction of sp³-hybridized carbons (Fsp3) is 0.212. The smallest absolute Gasteiger partial charge is 1.00 e. The second kappa shape index (κ2) is 15.6. The minimum absolute atomic E-state index is 0. The van der Waals surface area contributed by atoms with Gasteiger partial charge in [0.15, 0.2) is 0 Å². The number of carbonyl (C=O) groups excluding carboxylic acids is 1. The molecule has 0 saturated heterocycles. The molecule has 1 amide bonds. The maximum absolute atomic E-state index is 14.1. The average molecular weight is 633 g/mol. The van der Waals surface area contributed by atoms with Gasteiger partial charge < -0.3 is 26.6 Å². The topological polar surface area (TPSA) is 112 Å². The third-order valence-corrected chi connectivity index (χ3v) is 6.96. The van der Waals surface area contributed by atoms with Gasteiger partial charge in [0.1, 0.15) is 17.3 Å². The molecule has 0 fully saturated rings. The zero-order chi connectivity index (χ0) is 31.3. The van der Waals surface area contributed by atoms with Crippen LogP contribution >= 0.6 is 11.6 Å². The number of aromatic nitrogens is 1. The van der Waals surface area contributed by atoms with Crippen molar-refractivity contribution in [2.24, 2.45) is 0 Å². The molecule has 0 spiro atoms. The van der Waals surface area contributed by atoms with E-state index in [1.54, 1.807) is 59.2 Å². The van der Waals surface area contributed by atoms with E-state index in [0.29, 0.717) is 38.7 Å². The molecule has 3 aromatic carbocycles. The Hall–Kier alpha value is -3.31. The number of aliphatic carboxylic acids is 1. The van der Waals surface area contributed by atoms with Crippen LogP contribution in [0.25, 0.3) is 28.3 Å². The van der Waals surface area contributed by atoms with Gasteiger partial charge in [-0.1, -0.05) is 48.0 Å². The number of aliphatic hydroxyl groups is 2. The second-order valence-electron chi connectivity index (χ2n) is 10.3. The first-order valence-electron chi connectivity index (χ1n) is 13.6. The first kappa shape index (κ1) is 35.2. The Morgan fingerprint density at radius 1 is 0.955 bits per heavy atom. The number of hydrogen-bond donors (Lipinski definition) is 4. The third kappa shape index (κ3) is 8.65. The summed E-state index contributed by atoms with van der Waals surface area (Å²) in [5.41, 5.74) is 3.18. The molecule has 1 heterocycles. The standard InChI is InChI=1S/C33H31ClF2N2O5.Na.H/c1-19(2)38-28(15-14-26(39)17-27(40)18-29(41)42)30(20-6-10-23(35)11-7-20)31(21-8-12-24(36)13-9-21)32(38)33(43)37-25-5-3-4-22(34)16-25;;/h3-16,19,26-27,39-40H,17-18H2,1-2H3,(H,37,43)(H,41,42);;/q;+1;-1/b15-14+;;/t26-,27-;;/m1../s1. The SMILES string of the molecule is CC(C)n1c(/C=C/[C@@H](O)C[C@@H](O)CC(=O)O)c(-c2ccc(F)cc2)c(-c2ccc(F)cc2)c1C(=O)Nc1cccc(Cl)c1.[H-].[Na+]. The molecule has 11 heteroatoms. The van der Waals surface area contributed by atoms with Crippen molar-refractivity contribution in [1.82, 2.24) is 4.57 Å². The van der Waals surface area contributed by atoms with Gasteiger partial charge in [0, 0.05) is 40.0 Å². The summed E-state index contributed by atoms with van der Waals surface area (Å²) in [6, 6.07) is 17.7. The quantitative estimate of drug-likeness (QED) is 0.184. The molecule has 7 nitrogen and oxygen atoms in total. The Bertz CT molecular complexity index is 1650. The monoisotopic (exact) mass is 632 g/mol. The maximum atomic E-state index is 14.1. The number of nitrogens with one attached hydrogen (secondary N) is 1. The van der Waals surface area contributed by atoms with Crippen LogP contribution in [0.1, 0.15) is 50.3 Å². The maximum Gasteiger partial charge on any atom is 1.00 e. The minimum Gasteiger partial charge on any atom is -1.00 e. The number of anilines is 1. The van der Waals surface area contributed by atoms with Gasteiger partial charge in [-0.05, 0) is 73.5 Å². The van der Waals surface area contributed by atoms with Crippen molar-refractivity contribution in [3.05, 3.63) is 107 Å². The molecule has 4 rings (SSSR count). The van der Waals surface area contributed by atoms with Crippen LogP contribution in [0.5, 0.6) is 0 Å². The number of carboxylic acids is 1. The summed E-state index contributed by atoms with van der Waals surface area (Å²) in [4.78, 5) is 25.0. The summed E-state index contributed by atoms with van der Waals surface area (Å²) < 4.78 is 29.8. The zero-order valence-electron chi connectivity index (χ0n) is 25.5. The molecule has 4 N–H and O–H groups in total. The molecule has 0 aliphatic heterocycles. The number of carboxylic acid groups (broad SMARTS) is 1. The van der Waals surface area contributed by atoms with Crippen LogP contribution in [0.4, 0.5) is 14.5 Å². The number of rotatable bonds is 11. The average Bonchev–Trinajstić information content (AvgIpc) is 3.28. The van der Waals surface area contributed by atoms with Crippen LogP contribution in [0.15, 0.2) is 78.9 Å². The van der Waals surface area contributed by atoms with Gasteiger partial charge >= 0.3 is 35.5 Å². The van der Waals surface area contributed by atoms with Crippen LogP contribution in [0.2, 0.25) is 5.02 Å². The fourth-order valence-corrected chi connectivity index (χ4v) is 5.13. The first-order valence-corrected chi connectivity index (χ1v) is 14.0. The van der Waals surface area contributed by atoms with Crippen LogP contribution in [0.3, 0.4) is 0 Å². The largest absolute Gasteiger partial charge is 1.00 e. The molecule has 4 aromatic rings. The summed E-state index contributed by atoms with van der Waals surface area (Å²) in [6.45, 7) is 3.73. The molecular weight excluding hydrogens is 601 g/mol. The molecule has 1 aromatic heterocycles. The Morgan fingerprint density at radius 3 is 2.05 bits per heavy atom. The second-order valence-corrected chi connectivity index (χ2v) is 10.8. The van der Waals surface area contributed by atoms with E-state index in [9.17, 15) is 28.6 Å². The fourth-order valence-electron chi connectivity index (χ4n) is 4.94. The van der Waals surface area contributed by atoms with Gasteiger partial charge in [-0.15, -0.1) is 0 Å². The van der Waals surface area contributed by atoms with Crippen molar-refractivity contribution in [2.45, 2.75) is 44.9 Å². The van der Waals surface area contributed by atoms with Gasteiger partial charge in [-0.25, -0.2) is 8.78 Å². The van der Waals surface area contributed by atoms with Crippen molar-refractivity contribution >= 4 is 35.2 Å². The van der Waals surface area contributed by atoms with E-state index in [2.05, 4.69) is 5.32 Å². The van der Waals surface area contributed by atoms with E-state index in [-0.39, 0.29) is 49.1 Å². The van der Waals surface area contributed by atoms with E-state index < -0.39 is 42.1 Å². The molecule has 0 aliphatic rings. The Balaban J connectivity index is 0.00000353. The summed E-state index contributed by atoms with van der Waals surface area (Å²) in [5, 5.41) is 32.9. The van der Waals surface area contributed by atoms with Crippen molar-refractivity contribution in [3.63, 3.8) is 0 Å². The molecule has 0 unspecified atom stereocenters. The number of amides is 1. The molecule has 0 aliphatic carbocycles. The van der Waals surface area contributed by atoms with Gasteiger partial charge in [0.05, 0.1) is 18.6 Å². The van der Waals surface area contributed by atoms with Crippen molar-refractivity contribution in [2.75, 3.05) is 5.32 Å². The van der Waals surface area contributed by atoms with Gasteiger partial charge in [-0.2, -0.15) is 0 Å². The minimum atomic E-state index is -1.28. The van der Waals surface area contributed by atoms with Gasteiger partial charge in [0.25, 0.3) is 5.91 Å². The van der Waals surface area contributed by atoms with E-state index in [0.717, 1.165) is 0 Å². The zero-order valence-corrected chi connectivity index (χ0v) is 27.2. The number of halogens is 3. The Labute approximate surface area is 282 Å². The summed E-state index contributed by atoms with van der Waals surface area (Å²) in [7, 11) is 0. The van der Waals surface area contributed by atoms with E-state index in [1.165, 1.54) is 30.3 Å². The summed E-state index contributed by atoms with van der Waals surface area (Å²) >= 11 is 6.15. The number of aliphatic hydroxyl groups excluding tert-OH is 2. The number of hydrogen-bond acceptors (Lipinski definition) is 4. The predicted molar refractivity (Wildman–Crippen MR) is 164 cm³/mol. The molecule has 0 bridgehead atoms. The van der Waals surface area contributed by atoms with Crippen LogP contribution in [-0.4, -0.2) is 44.0 Å². The normalized spacial score (nSPS) is 12.6. The first-order chi connectivity index (χ1) is 20.4. The van der Waals surface area contributed by atoms with Crippen molar-refractivity contribution in [3.8, 4) is 22.3 Å². The molecule has 44 heavy (non-hydrogen) atoms. The van der Waals surface area contributed by atoms with Gasteiger partial charge in [0.2, 0.25) is 0 Å². The molecule has 2 atom stereocenters. The van der Waals surface area contributed by atoms with E-state index >= 15 is 0 Å². The van der Waals surface area contributed by atoms with Crippen molar-refractivity contribution < 1.29 is 64.7 Å². The van der Waals surface area contributed by atoms with Crippen LogP contribution < -0.4 is 34.9 Å². The van der Waals surface area contributed by atoms with Crippen molar-refractivity contribution in [1.29, 1.82) is 0 Å². The predicted octanol–water partition coefficient (Wildman–Crippen LogP) is 4.30.